The van der Waals surface area contributed by atoms with Gasteiger partial charge in [-0.05, 0) is 19.3 Å². The van der Waals surface area contributed by atoms with Crippen molar-refractivity contribution in [1.82, 2.24) is 4.98 Å². The van der Waals surface area contributed by atoms with Crippen LogP contribution < -0.4 is 4.74 Å². The molecule has 0 saturated heterocycles. The fourth-order valence-corrected chi connectivity index (χ4v) is 2.69. The molecule has 0 aliphatic rings. The number of hydrogen-bond donors (Lipinski definition) is 1. The minimum atomic E-state index is -0.676. The van der Waals surface area contributed by atoms with Gasteiger partial charge in [-0.25, -0.2) is 4.98 Å². The summed E-state index contributed by atoms with van der Waals surface area (Å²) < 4.78 is 16.3. The number of aromatic nitrogens is 1. The van der Waals surface area contributed by atoms with Gasteiger partial charge in [0.2, 0.25) is 0 Å². The molecule has 27 heavy (non-hydrogen) atoms. The van der Waals surface area contributed by atoms with E-state index >= 15 is 0 Å². The van der Waals surface area contributed by atoms with Crippen LogP contribution in [0.3, 0.4) is 0 Å². The molecule has 0 aliphatic heterocycles. The van der Waals surface area contributed by atoms with Crippen LogP contribution in [0.15, 0.2) is 12.3 Å². The molecule has 1 heterocycles. The lowest BCUT2D eigenvalue weighted by molar-refractivity contribution is -0.165. The summed E-state index contributed by atoms with van der Waals surface area (Å²) in [5, 5.41) is 10.0. The number of Topliss-reactive ketones (excluding diaryl/α,β-unsaturated/α-hetero) is 1. The summed E-state index contributed by atoms with van der Waals surface area (Å²) in [5.74, 6) is -1.70. The third kappa shape index (κ3) is 6.50. The predicted molar refractivity (Wildman–Crippen MR) is 101 cm³/mol. The fraction of sp³-hybridized carbons (Fsp3) is 0.650. The third-order valence-corrected chi connectivity index (χ3v) is 4.22. The highest BCUT2D eigenvalue weighted by molar-refractivity contribution is 5.99. The maximum Gasteiger partial charge on any atom is 0.309 e. The van der Waals surface area contributed by atoms with E-state index in [0.29, 0.717) is 6.61 Å². The summed E-state index contributed by atoms with van der Waals surface area (Å²) in [6.45, 7) is 10.0. The topological polar surface area (TPSA) is 95.0 Å². The second-order valence-electron chi connectivity index (χ2n) is 6.96. The number of carbonyl (C=O) groups is 2. The highest BCUT2D eigenvalue weighted by Gasteiger charge is 2.29. The van der Waals surface area contributed by atoms with Crippen molar-refractivity contribution in [2.45, 2.75) is 59.7 Å². The lowest BCUT2D eigenvalue weighted by Crippen LogP contribution is -2.37. The number of pyridine rings is 1. The Kier molecular flexibility index (Phi) is 9.21. The van der Waals surface area contributed by atoms with Crippen LogP contribution in [-0.2, 0) is 14.3 Å². The molecule has 3 atom stereocenters. The summed E-state index contributed by atoms with van der Waals surface area (Å²) in [6, 6.07) is 1.45. The first kappa shape index (κ1) is 22.9. The van der Waals surface area contributed by atoms with Crippen molar-refractivity contribution in [2.75, 3.05) is 13.7 Å². The largest absolute Gasteiger partial charge is 0.503 e. The van der Waals surface area contributed by atoms with Crippen LogP contribution in [-0.4, -0.2) is 47.8 Å². The van der Waals surface area contributed by atoms with Gasteiger partial charge in [0.15, 0.2) is 23.0 Å². The van der Waals surface area contributed by atoms with Crippen LogP contribution in [0.1, 0.15) is 57.9 Å². The Morgan fingerprint density at radius 2 is 1.89 bits per heavy atom. The summed E-state index contributed by atoms with van der Waals surface area (Å²) in [6.07, 6.45) is 1.49. The molecule has 0 aromatic carbocycles. The van der Waals surface area contributed by atoms with Crippen LogP contribution in [0.2, 0.25) is 0 Å². The second kappa shape index (κ2) is 10.9. The number of ether oxygens (including phenoxy) is 3. The molecule has 1 N–H and O–H groups in total. The summed E-state index contributed by atoms with van der Waals surface area (Å²) in [7, 11) is 1.39. The van der Waals surface area contributed by atoms with Gasteiger partial charge in [0, 0.05) is 25.3 Å². The normalized spacial score (nSPS) is 14.5. The van der Waals surface area contributed by atoms with Crippen LogP contribution >= 0.6 is 0 Å². The van der Waals surface area contributed by atoms with Crippen molar-refractivity contribution >= 4 is 11.8 Å². The maximum absolute atomic E-state index is 12.5. The van der Waals surface area contributed by atoms with E-state index in [9.17, 15) is 14.7 Å². The van der Waals surface area contributed by atoms with Gasteiger partial charge in [-0.1, -0.05) is 27.7 Å². The van der Waals surface area contributed by atoms with E-state index in [0.717, 1.165) is 6.42 Å². The van der Waals surface area contributed by atoms with Gasteiger partial charge < -0.3 is 19.3 Å². The molecule has 0 aliphatic carbocycles. The summed E-state index contributed by atoms with van der Waals surface area (Å²) in [5.41, 5.74) is -0.117. The standard InChI is InChI=1S/C20H31NO6/c1-7-10-26-14(5)19(12(2)3)27-20(24)13(4)11-15(22)17-18(23)16(25-6)8-9-21-17/h8-9,12-14,19,23H,7,10-11H2,1-6H3/t13-,14+,19+/m1/s1. The first-order valence-corrected chi connectivity index (χ1v) is 9.30. The monoisotopic (exact) mass is 381 g/mol. The van der Waals surface area contributed by atoms with Crippen LogP contribution in [0, 0.1) is 11.8 Å². The number of esters is 1. The molecule has 1 aromatic heterocycles. The molecular formula is C20H31NO6. The molecule has 0 fully saturated rings. The lowest BCUT2D eigenvalue weighted by Gasteiger charge is -2.28. The van der Waals surface area contributed by atoms with E-state index in [1.165, 1.54) is 19.4 Å². The number of carbonyl (C=O) groups excluding carboxylic acids is 2. The molecule has 0 unspecified atom stereocenters. The Morgan fingerprint density at radius 3 is 2.44 bits per heavy atom. The first-order valence-electron chi connectivity index (χ1n) is 9.30. The number of aromatic hydroxyl groups is 1. The zero-order valence-electron chi connectivity index (χ0n) is 17.0. The number of hydrogen-bond acceptors (Lipinski definition) is 7. The van der Waals surface area contributed by atoms with Gasteiger partial charge in [-0.3, -0.25) is 9.59 Å². The van der Waals surface area contributed by atoms with Crippen molar-refractivity contribution in [2.24, 2.45) is 11.8 Å². The van der Waals surface area contributed by atoms with Gasteiger partial charge >= 0.3 is 5.97 Å². The molecular weight excluding hydrogens is 350 g/mol. The second-order valence-corrected chi connectivity index (χ2v) is 6.96. The number of nitrogens with zero attached hydrogens (tertiary/aromatic N) is 1. The highest BCUT2D eigenvalue weighted by Crippen LogP contribution is 2.29. The van der Waals surface area contributed by atoms with E-state index < -0.39 is 23.8 Å². The smallest absolute Gasteiger partial charge is 0.309 e. The van der Waals surface area contributed by atoms with Crippen molar-refractivity contribution in [1.29, 1.82) is 0 Å². The Balaban J connectivity index is 2.76. The molecule has 1 rings (SSSR count). The van der Waals surface area contributed by atoms with Crippen molar-refractivity contribution in [3.8, 4) is 11.5 Å². The van der Waals surface area contributed by atoms with E-state index in [-0.39, 0.29) is 35.6 Å². The Morgan fingerprint density at radius 1 is 1.22 bits per heavy atom. The lowest BCUT2D eigenvalue weighted by atomic mass is 10.00. The summed E-state index contributed by atoms with van der Waals surface area (Å²) >= 11 is 0. The Hall–Kier alpha value is -2.15. The number of ketones is 1. The number of rotatable bonds is 11. The molecule has 0 bridgehead atoms. The predicted octanol–water partition coefficient (Wildman–Crippen LogP) is 3.39. The van der Waals surface area contributed by atoms with Gasteiger partial charge in [0.25, 0.3) is 0 Å². The zero-order valence-corrected chi connectivity index (χ0v) is 17.0. The summed E-state index contributed by atoms with van der Waals surface area (Å²) in [4.78, 5) is 28.8. The molecule has 0 radical (unpaired) electrons. The van der Waals surface area contributed by atoms with Gasteiger partial charge in [-0.15, -0.1) is 0 Å². The number of methoxy groups -OCH3 is 1. The molecule has 0 amide bonds. The van der Waals surface area contributed by atoms with Gasteiger partial charge in [0.05, 0.1) is 19.1 Å². The van der Waals surface area contributed by atoms with Crippen molar-refractivity contribution in [3.63, 3.8) is 0 Å². The third-order valence-electron chi connectivity index (χ3n) is 4.22. The quantitative estimate of drug-likeness (QED) is 0.464. The van der Waals surface area contributed by atoms with Gasteiger partial charge in [0.1, 0.15) is 6.10 Å². The Bertz CT molecular complexity index is 631. The average Bonchev–Trinajstić information content (AvgIpc) is 2.63. The van der Waals surface area contributed by atoms with Crippen LogP contribution in [0.25, 0.3) is 0 Å². The van der Waals surface area contributed by atoms with Crippen LogP contribution in [0.5, 0.6) is 11.5 Å². The van der Waals surface area contributed by atoms with E-state index in [2.05, 4.69) is 4.98 Å². The zero-order chi connectivity index (χ0) is 20.6. The van der Waals surface area contributed by atoms with Crippen LogP contribution in [0.4, 0.5) is 0 Å². The molecule has 7 nitrogen and oxygen atoms in total. The van der Waals surface area contributed by atoms with E-state index in [1.54, 1.807) is 6.92 Å². The molecule has 0 saturated carbocycles. The minimum absolute atomic E-state index is 0.0767. The molecule has 1 aromatic rings. The minimum Gasteiger partial charge on any atom is -0.503 e. The SMILES string of the molecule is CCCO[C@@H](C)[C@@H](OC(=O)[C@H](C)CC(=O)c1nccc(OC)c1O)C(C)C. The molecule has 0 spiro atoms. The molecule has 7 heteroatoms. The fourth-order valence-electron chi connectivity index (χ4n) is 2.69. The van der Waals surface area contributed by atoms with E-state index in [4.69, 9.17) is 14.2 Å². The Labute approximate surface area is 161 Å². The maximum atomic E-state index is 12.5. The van der Waals surface area contributed by atoms with Crippen molar-refractivity contribution in [3.05, 3.63) is 18.0 Å². The van der Waals surface area contributed by atoms with Crippen molar-refractivity contribution < 1.29 is 28.9 Å². The molecule has 152 valence electrons. The first-order chi connectivity index (χ1) is 12.7. The average molecular weight is 381 g/mol. The van der Waals surface area contributed by atoms with E-state index in [1.807, 2.05) is 27.7 Å². The highest BCUT2D eigenvalue weighted by atomic mass is 16.6. The van der Waals surface area contributed by atoms with Gasteiger partial charge in [-0.2, -0.15) is 0 Å².